The van der Waals surface area contributed by atoms with Gasteiger partial charge in [0.25, 0.3) is 0 Å². The molecule has 0 aliphatic rings. The first kappa shape index (κ1) is 15.4. The highest BCUT2D eigenvalue weighted by Gasteiger charge is 2.21. The summed E-state index contributed by atoms with van der Waals surface area (Å²) in [7, 11) is -3.93. The fourth-order valence-corrected chi connectivity index (χ4v) is 2.61. The van der Waals surface area contributed by atoms with Crippen molar-refractivity contribution in [3.63, 3.8) is 0 Å². The maximum absolute atomic E-state index is 13.6. The zero-order chi connectivity index (χ0) is 13.9. The number of rotatable bonds is 5. The first-order chi connectivity index (χ1) is 8.25. The van der Waals surface area contributed by atoms with Gasteiger partial charge in [0.05, 0.1) is 5.02 Å². The zero-order valence-electron chi connectivity index (χ0n) is 10.2. The first-order valence-electron chi connectivity index (χ1n) is 5.45. The highest BCUT2D eigenvalue weighted by Crippen LogP contribution is 2.21. The van der Waals surface area contributed by atoms with Crippen LogP contribution < -0.4 is 10.5 Å². The van der Waals surface area contributed by atoms with Crippen LogP contribution in [-0.4, -0.2) is 21.0 Å². The van der Waals surface area contributed by atoms with Crippen molar-refractivity contribution in [2.45, 2.75) is 24.8 Å². The second-order valence-electron chi connectivity index (χ2n) is 4.31. The predicted molar refractivity (Wildman–Crippen MR) is 69.4 cm³/mol. The number of hydrogen-bond donors (Lipinski definition) is 2. The van der Waals surface area contributed by atoms with Gasteiger partial charge < -0.3 is 5.73 Å². The van der Waals surface area contributed by atoms with Crippen molar-refractivity contribution in [3.05, 3.63) is 29.0 Å². The van der Waals surface area contributed by atoms with Crippen LogP contribution in [0.15, 0.2) is 23.1 Å². The Balaban J connectivity index is 2.91. The highest BCUT2D eigenvalue weighted by molar-refractivity contribution is 7.89. The number of sulfonamides is 1. The van der Waals surface area contributed by atoms with Gasteiger partial charge in [0.2, 0.25) is 10.0 Å². The first-order valence-corrected chi connectivity index (χ1v) is 7.31. The van der Waals surface area contributed by atoms with Crippen LogP contribution in [0.5, 0.6) is 0 Å². The van der Waals surface area contributed by atoms with E-state index in [-0.39, 0.29) is 23.5 Å². The largest absolute Gasteiger partial charge is 0.326 e. The summed E-state index contributed by atoms with van der Waals surface area (Å²) in [5, 5.41) is -0.231. The van der Waals surface area contributed by atoms with Crippen LogP contribution in [0, 0.1) is 11.7 Å². The molecule has 0 aliphatic carbocycles. The van der Waals surface area contributed by atoms with Crippen LogP contribution in [0.2, 0.25) is 5.02 Å². The van der Waals surface area contributed by atoms with E-state index in [0.29, 0.717) is 0 Å². The Labute approximate surface area is 111 Å². The van der Waals surface area contributed by atoms with Gasteiger partial charge in [-0.3, -0.25) is 0 Å². The summed E-state index contributed by atoms with van der Waals surface area (Å²) < 4.78 is 39.6. The normalized spacial score (nSPS) is 13.9. The second-order valence-corrected chi connectivity index (χ2v) is 6.45. The van der Waals surface area contributed by atoms with Crippen molar-refractivity contribution >= 4 is 21.6 Å². The molecule has 4 nitrogen and oxygen atoms in total. The van der Waals surface area contributed by atoms with Crippen LogP contribution in [0.25, 0.3) is 0 Å². The topological polar surface area (TPSA) is 72.2 Å². The third-order valence-electron chi connectivity index (χ3n) is 2.57. The second kappa shape index (κ2) is 5.97. The number of halogens is 2. The molecular formula is C11H16ClFN2O2S. The zero-order valence-corrected chi connectivity index (χ0v) is 11.7. The van der Waals surface area contributed by atoms with E-state index >= 15 is 0 Å². The van der Waals surface area contributed by atoms with Crippen molar-refractivity contribution in [1.29, 1.82) is 0 Å². The molecule has 1 rings (SSSR count). The number of nitrogens with one attached hydrogen (secondary N) is 1. The maximum Gasteiger partial charge on any atom is 0.243 e. The summed E-state index contributed by atoms with van der Waals surface area (Å²) in [6.07, 6.45) is 0. The van der Waals surface area contributed by atoms with Crippen LogP contribution in [-0.2, 0) is 10.0 Å². The third-order valence-corrected chi connectivity index (χ3v) is 4.30. The van der Waals surface area contributed by atoms with E-state index in [1.165, 1.54) is 12.1 Å². The fraction of sp³-hybridized carbons (Fsp3) is 0.455. The van der Waals surface area contributed by atoms with Crippen LogP contribution in [0.3, 0.4) is 0 Å². The Morgan fingerprint density at radius 3 is 2.61 bits per heavy atom. The molecule has 0 radical (unpaired) electrons. The lowest BCUT2D eigenvalue weighted by Crippen LogP contribution is -2.40. The van der Waals surface area contributed by atoms with Crippen LogP contribution >= 0.6 is 11.6 Å². The lowest BCUT2D eigenvalue weighted by atomic mass is 10.1. The standard InChI is InChI=1S/C11H16ClFN2O2S/c1-7(2)9(14)6-15-18(16,17)10-5-3-4-8(12)11(10)13/h3-5,7,9,15H,6,14H2,1-2H3. The Kier molecular flexibility index (Phi) is 5.10. The highest BCUT2D eigenvalue weighted by atomic mass is 35.5. The molecule has 0 saturated heterocycles. The lowest BCUT2D eigenvalue weighted by Gasteiger charge is -2.16. The number of nitrogens with two attached hydrogens (primary N) is 1. The molecule has 0 saturated carbocycles. The van der Waals surface area contributed by atoms with E-state index < -0.39 is 20.7 Å². The SMILES string of the molecule is CC(C)C(N)CNS(=O)(=O)c1cccc(Cl)c1F. The van der Waals surface area contributed by atoms with Gasteiger partial charge in [0.15, 0.2) is 5.82 Å². The van der Waals surface area contributed by atoms with E-state index in [9.17, 15) is 12.8 Å². The molecule has 0 aliphatic heterocycles. The quantitative estimate of drug-likeness (QED) is 0.869. The molecule has 1 aromatic rings. The average Bonchev–Trinajstić information content (AvgIpc) is 2.29. The van der Waals surface area contributed by atoms with Gasteiger partial charge in [-0.05, 0) is 18.1 Å². The minimum absolute atomic E-state index is 0.0476. The van der Waals surface area contributed by atoms with Crippen molar-refractivity contribution < 1.29 is 12.8 Å². The van der Waals surface area contributed by atoms with Gasteiger partial charge in [-0.2, -0.15) is 0 Å². The summed E-state index contributed by atoms with van der Waals surface area (Å²) in [6, 6.07) is 3.49. The number of benzene rings is 1. The van der Waals surface area contributed by atoms with Gasteiger partial charge in [-0.1, -0.05) is 31.5 Å². The Morgan fingerprint density at radius 1 is 1.44 bits per heavy atom. The summed E-state index contributed by atoms with van der Waals surface area (Å²) in [5.74, 6) is -0.832. The third kappa shape index (κ3) is 3.65. The molecule has 7 heteroatoms. The lowest BCUT2D eigenvalue weighted by molar-refractivity contribution is 0.480. The average molecular weight is 295 g/mol. The minimum atomic E-state index is -3.93. The molecule has 18 heavy (non-hydrogen) atoms. The van der Waals surface area contributed by atoms with Gasteiger partial charge in [-0.25, -0.2) is 17.5 Å². The molecule has 0 aromatic heterocycles. The van der Waals surface area contributed by atoms with E-state index in [1.54, 1.807) is 0 Å². The molecule has 0 bridgehead atoms. The van der Waals surface area contributed by atoms with Gasteiger partial charge in [-0.15, -0.1) is 0 Å². The predicted octanol–water partition coefficient (Wildman–Crippen LogP) is 1.74. The Bertz CT molecular complexity index is 520. The van der Waals surface area contributed by atoms with Gasteiger partial charge in [0.1, 0.15) is 4.90 Å². The van der Waals surface area contributed by atoms with Crippen LogP contribution in [0.4, 0.5) is 4.39 Å². The van der Waals surface area contributed by atoms with Crippen molar-refractivity contribution in [1.82, 2.24) is 4.72 Å². The Morgan fingerprint density at radius 2 is 2.06 bits per heavy atom. The molecule has 1 unspecified atom stereocenters. The van der Waals surface area contributed by atoms with E-state index in [1.807, 2.05) is 13.8 Å². The molecule has 102 valence electrons. The summed E-state index contributed by atoms with van der Waals surface area (Å²) in [5.41, 5.74) is 5.72. The molecule has 3 N–H and O–H groups in total. The minimum Gasteiger partial charge on any atom is -0.326 e. The summed E-state index contributed by atoms with van der Waals surface area (Å²) in [4.78, 5) is -0.467. The molecule has 0 amide bonds. The van der Waals surface area contributed by atoms with Crippen molar-refractivity contribution in [3.8, 4) is 0 Å². The van der Waals surface area contributed by atoms with E-state index in [4.69, 9.17) is 17.3 Å². The smallest absolute Gasteiger partial charge is 0.243 e. The summed E-state index contributed by atoms with van der Waals surface area (Å²) in [6.45, 7) is 3.80. The maximum atomic E-state index is 13.6. The molecule has 0 heterocycles. The van der Waals surface area contributed by atoms with Crippen molar-refractivity contribution in [2.75, 3.05) is 6.54 Å². The van der Waals surface area contributed by atoms with E-state index in [2.05, 4.69) is 4.72 Å². The van der Waals surface area contributed by atoms with Gasteiger partial charge in [0, 0.05) is 12.6 Å². The molecule has 0 fully saturated rings. The van der Waals surface area contributed by atoms with E-state index in [0.717, 1.165) is 6.07 Å². The number of hydrogen-bond acceptors (Lipinski definition) is 3. The summed E-state index contributed by atoms with van der Waals surface area (Å²) >= 11 is 5.54. The molecular weight excluding hydrogens is 279 g/mol. The molecule has 1 atom stereocenters. The molecule has 0 spiro atoms. The Hall–Kier alpha value is -0.690. The molecule has 1 aromatic carbocycles. The van der Waals surface area contributed by atoms with Crippen molar-refractivity contribution in [2.24, 2.45) is 11.7 Å². The monoisotopic (exact) mass is 294 g/mol. The fourth-order valence-electron chi connectivity index (χ4n) is 1.21. The van der Waals surface area contributed by atoms with Gasteiger partial charge >= 0.3 is 0 Å². The van der Waals surface area contributed by atoms with Crippen LogP contribution in [0.1, 0.15) is 13.8 Å².